The molecule has 1 heterocycles. The molecule has 0 spiro atoms. The molecule has 1 aromatic carbocycles. The molecule has 0 unspecified atom stereocenters. The minimum atomic E-state index is -0.560. The van der Waals surface area contributed by atoms with E-state index in [-0.39, 0.29) is 0 Å². The van der Waals surface area contributed by atoms with E-state index in [1.165, 1.54) is 9.75 Å². The lowest BCUT2D eigenvalue weighted by Crippen LogP contribution is -2.19. The second kappa shape index (κ2) is 6.08. The number of rotatable bonds is 4. The SMILES string of the molecule is Cc1sc(CNc2cccc(NC(N)=O)c2)cc1Br. The summed E-state index contributed by atoms with van der Waals surface area (Å²) in [6.45, 7) is 2.83. The van der Waals surface area contributed by atoms with Crippen LogP contribution in [0.25, 0.3) is 0 Å². The molecule has 0 atom stereocenters. The minimum absolute atomic E-state index is 0.560. The normalized spacial score (nSPS) is 10.2. The first-order valence-electron chi connectivity index (χ1n) is 5.70. The van der Waals surface area contributed by atoms with Crippen LogP contribution in [0.4, 0.5) is 16.2 Å². The van der Waals surface area contributed by atoms with Crippen molar-refractivity contribution in [3.05, 3.63) is 44.6 Å². The number of halogens is 1. The number of thiophene rings is 1. The van der Waals surface area contributed by atoms with Crippen molar-refractivity contribution in [2.75, 3.05) is 10.6 Å². The van der Waals surface area contributed by atoms with Crippen molar-refractivity contribution < 1.29 is 4.79 Å². The summed E-state index contributed by atoms with van der Waals surface area (Å²) < 4.78 is 1.14. The first-order chi connectivity index (χ1) is 9.04. The largest absolute Gasteiger partial charge is 0.380 e. The van der Waals surface area contributed by atoms with Gasteiger partial charge in [-0.1, -0.05) is 6.07 Å². The molecule has 4 nitrogen and oxygen atoms in total. The van der Waals surface area contributed by atoms with Gasteiger partial charge < -0.3 is 16.4 Å². The van der Waals surface area contributed by atoms with E-state index in [9.17, 15) is 4.79 Å². The Balaban J connectivity index is 2.01. The average molecular weight is 340 g/mol. The summed E-state index contributed by atoms with van der Waals surface area (Å²) in [5.74, 6) is 0. The third-order valence-electron chi connectivity index (χ3n) is 2.51. The van der Waals surface area contributed by atoms with E-state index in [1.54, 1.807) is 17.4 Å². The number of aryl methyl sites for hydroxylation is 1. The molecule has 2 rings (SSSR count). The number of nitrogens with two attached hydrogens (primary N) is 1. The Kier molecular flexibility index (Phi) is 4.44. The molecule has 4 N–H and O–H groups in total. The molecule has 0 saturated heterocycles. The Hall–Kier alpha value is -1.53. The van der Waals surface area contributed by atoms with Crippen molar-refractivity contribution in [3.8, 4) is 0 Å². The van der Waals surface area contributed by atoms with Crippen molar-refractivity contribution in [1.82, 2.24) is 0 Å². The highest BCUT2D eigenvalue weighted by molar-refractivity contribution is 9.10. The smallest absolute Gasteiger partial charge is 0.316 e. The minimum Gasteiger partial charge on any atom is -0.380 e. The third-order valence-corrected chi connectivity index (χ3v) is 4.64. The predicted octanol–water partition coefficient (Wildman–Crippen LogP) is 3.92. The first-order valence-corrected chi connectivity index (χ1v) is 7.31. The number of amides is 2. The average Bonchev–Trinajstić information content (AvgIpc) is 2.66. The fourth-order valence-electron chi connectivity index (χ4n) is 1.64. The maximum atomic E-state index is 10.8. The standard InChI is InChI=1S/C13H14BrN3OS/c1-8-12(14)6-11(19-8)7-16-9-3-2-4-10(5-9)17-13(15)18/h2-6,16H,7H2,1H3,(H3,15,17,18). The molecule has 0 bridgehead atoms. The Morgan fingerprint density at radius 2 is 2.11 bits per heavy atom. The van der Waals surface area contributed by atoms with Gasteiger partial charge >= 0.3 is 6.03 Å². The van der Waals surface area contributed by atoms with Crippen LogP contribution in [0.5, 0.6) is 0 Å². The summed E-state index contributed by atoms with van der Waals surface area (Å²) in [5, 5.41) is 5.86. The van der Waals surface area contributed by atoms with E-state index in [0.29, 0.717) is 5.69 Å². The molecule has 0 aliphatic heterocycles. The van der Waals surface area contributed by atoms with Gasteiger partial charge in [0.25, 0.3) is 0 Å². The maximum absolute atomic E-state index is 10.8. The number of urea groups is 1. The molecule has 1 aromatic heterocycles. The molecule has 0 aliphatic carbocycles. The summed E-state index contributed by atoms with van der Waals surface area (Å²) in [6.07, 6.45) is 0. The van der Waals surface area contributed by atoms with Crippen LogP contribution in [0, 0.1) is 6.92 Å². The number of benzene rings is 1. The number of anilines is 2. The fourth-order valence-corrected chi connectivity index (χ4v) is 3.18. The molecule has 2 amide bonds. The van der Waals surface area contributed by atoms with Crippen molar-refractivity contribution in [1.29, 1.82) is 0 Å². The molecule has 0 radical (unpaired) electrons. The summed E-state index contributed by atoms with van der Waals surface area (Å²) in [6, 6.07) is 9.00. The van der Waals surface area contributed by atoms with E-state index in [1.807, 2.05) is 18.2 Å². The monoisotopic (exact) mass is 339 g/mol. The summed E-state index contributed by atoms with van der Waals surface area (Å²) >= 11 is 5.25. The highest BCUT2D eigenvalue weighted by atomic mass is 79.9. The van der Waals surface area contributed by atoms with Gasteiger partial charge in [-0.25, -0.2) is 4.79 Å². The van der Waals surface area contributed by atoms with Gasteiger partial charge in [0.2, 0.25) is 0 Å². The molecule has 0 saturated carbocycles. The Labute approximate surface area is 124 Å². The van der Waals surface area contributed by atoms with Crippen LogP contribution in [0.15, 0.2) is 34.8 Å². The van der Waals surface area contributed by atoms with E-state index in [4.69, 9.17) is 5.73 Å². The molecular weight excluding hydrogens is 326 g/mol. The quantitative estimate of drug-likeness (QED) is 0.790. The lowest BCUT2D eigenvalue weighted by atomic mass is 10.2. The zero-order valence-corrected chi connectivity index (χ0v) is 12.8. The molecular formula is C13H14BrN3OS. The molecule has 6 heteroatoms. The first kappa shape index (κ1) is 13.9. The summed E-state index contributed by atoms with van der Waals surface area (Å²) in [4.78, 5) is 13.3. The van der Waals surface area contributed by atoms with Crippen LogP contribution in [0.1, 0.15) is 9.75 Å². The van der Waals surface area contributed by atoms with Crippen molar-refractivity contribution in [3.63, 3.8) is 0 Å². The fraction of sp³-hybridized carbons (Fsp3) is 0.154. The predicted molar refractivity (Wildman–Crippen MR) is 83.7 cm³/mol. The van der Waals surface area contributed by atoms with Gasteiger partial charge in [-0.2, -0.15) is 0 Å². The van der Waals surface area contributed by atoms with Crippen LogP contribution >= 0.6 is 27.3 Å². The van der Waals surface area contributed by atoms with Gasteiger partial charge in [0.15, 0.2) is 0 Å². The Bertz CT molecular complexity index is 578. The second-order valence-electron chi connectivity index (χ2n) is 4.04. The summed E-state index contributed by atoms with van der Waals surface area (Å²) in [7, 11) is 0. The number of carbonyl (C=O) groups is 1. The lowest BCUT2D eigenvalue weighted by molar-refractivity contribution is 0.259. The number of carbonyl (C=O) groups excluding carboxylic acids is 1. The van der Waals surface area contributed by atoms with Gasteiger partial charge in [-0.15, -0.1) is 11.3 Å². The Morgan fingerprint density at radius 3 is 2.74 bits per heavy atom. The molecule has 100 valence electrons. The zero-order chi connectivity index (χ0) is 13.8. The molecule has 0 aliphatic rings. The van der Waals surface area contributed by atoms with E-state index in [2.05, 4.69) is 39.6 Å². The number of primary amides is 1. The molecule has 2 aromatic rings. The third kappa shape index (κ3) is 3.97. The van der Waals surface area contributed by atoms with Gasteiger partial charge in [0.05, 0.1) is 0 Å². The van der Waals surface area contributed by atoms with Gasteiger partial charge in [-0.3, -0.25) is 0 Å². The van der Waals surface area contributed by atoms with Crippen molar-refractivity contribution >= 4 is 44.7 Å². The highest BCUT2D eigenvalue weighted by Crippen LogP contribution is 2.27. The van der Waals surface area contributed by atoms with Crippen molar-refractivity contribution in [2.24, 2.45) is 5.73 Å². The van der Waals surface area contributed by atoms with E-state index < -0.39 is 6.03 Å². The number of hydrogen-bond acceptors (Lipinski definition) is 3. The topological polar surface area (TPSA) is 67.2 Å². The van der Waals surface area contributed by atoms with Crippen LogP contribution in [-0.2, 0) is 6.54 Å². The molecule has 0 fully saturated rings. The van der Waals surface area contributed by atoms with Crippen LogP contribution in [0.3, 0.4) is 0 Å². The highest BCUT2D eigenvalue weighted by Gasteiger charge is 2.03. The zero-order valence-electron chi connectivity index (χ0n) is 10.4. The van der Waals surface area contributed by atoms with Crippen LogP contribution < -0.4 is 16.4 Å². The summed E-state index contributed by atoms with van der Waals surface area (Å²) in [5.41, 5.74) is 6.70. The molecule has 19 heavy (non-hydrogen) atoms. The second-order valence-corrected chi connectivity index (χ2v) is 6.24. The van der Waals surface area contributed by atoms with Gasteiger partial charge in [-0.05, 0) is 47.1 Å². The van der Waals surface area contributed by atoms with Crippen molar-refractivity contribution in [2.45, 2.75) is 13.5 Å². The number of hydrogen-bond donors (Lipinski definition) is 3. The number of nitrogens with one attached hydrogen (secondary N) is 2. The van der Waals surface area contributed by atoms with E-state index in [0.717, 1.165) is 16.7 Å². The van der Waals surface area contributed by atoms with Gasteiger partial charge in [0, 0.05) is 32.1 Å². The lowest BCUT2D eigenvalue weighted by Gasteiger charge is -2.07. The van der Waals surface area contributed by atoms with Crippen LogP contribution in [0.2, 0.25) is 0 Å². The maximum Gasteiger partial charge on any atom is 0.316 e. The van der Waals surface area contributed by atoms with Gasteiger partial charge in [0.1, 0.15) is 0 Å². The van der Waals surface area contributed by atoms with E-state index >= 15 is 0 Å². The van der Waals surface area contributed by atoms with Crippen LogP contribution in [-0.4, -0.2) is 6.03 Å². The Morgan fingerprint density at radius 1 is 1.37 bits per heavy atom.